The predicted octanol–water partition coefficient (Wildman–Crippen LogP) is 7.79. The summed E-state index contributed by atoms with van der Waals surface area (Å²) in [6.45, 7) is 2.22. The second-order valence-corrected chi connectivity index (χ2v) is 8.49. The normalized spacial score (nSPS) is 21.9. The molecule has 3 heteroatoms. The van der Waals surface area contributed by atoms with Crippen molar-refractivity contribution in [3.05, 3.63) is 69.2 Å². The van der Waals surface area contributed by atoms with Gasteiger partial charge in [-0.1, -0.05) is 43.5 Å². The fourth-order valence-corrected chi connectivity index (χ4v) is 4.97. The molecule has 2 aliphatic rings. The van der Waals surface area contributed by atoms with Crippen LogP contribution in [0.25, 0.3) is 11.6 Å². The van der Waals surface area contributed by atoms with Gasteiger partial charge in [-0.2, -0.15) is 0 Å². The molecule has 0 radical (unpaired) electrons. The van der Waals surface area contributed by atoms with Crippen molar-refractivity contribution >= 4 is 23.3 Å². The van der Waals surface area contributed by atoms with Crippen molar-refractivity contribution in [1.29, 1.82) is 0 Å². The average Bonchev–Trinajstić information content (AvgIpc) is 3.04. The molecule has 2 aromatic rings. The van der Waals surface area contributed by atoms with E-state index in [1.165, 1.54) is 25.7 Å². The molecule has 0 aliphatic heterocycles. The van der Waals surface area contributed by atoms with Crippen LogP contribution in [0.4, 0.5) is 8.78 Å². The minimum atomic E-state index is -0.439. The monoisotopic (exact) mass is 386 g/mol. The first-order valence-corrected chi connectivity index (χ1v) is 10.4. The largest absolute Gasteiger partial charge is 0.206 e. The topological polar surface area (TPSA) is 0 Å². The average molecular weight is 387 g/mol. The van der Waals surface area contributed by atoms with E-state index in [2.05, 4.69) is 6.92 Å². The molecule has 0 saturated heterocycles. The summed E-state index contributed by atoms with van der Waals surface area (Å²) in [6.07, 6.45) is 9.31. The lowest BCUT2D eigenvalue weighted by Gasteiger charge is -2.29. The Morgan fingerprint density at radius 1 is 1.00 bits per heavy atom. The first-order valence-electron chi connectivity index (χ1n) is 10.0. The van der Waals surface area contributed by atoms with Crippen LogP contribution in [0.1, 0.15) is 73.6 Å². The zero-order valence-electron chi connectivity index (χ0n) is 15.7. The molecule has 142 valence electrons. The first kappa shape index (κ1) is 18.7. The van der Waals surface area contributed by atoms with Crippen molar-refractivity contribution in [1.82, 2.24) is 0 Å². The van der Waals surface area contributed by atoms with Crippen LogP contribution < -0.4 is 0 Å². The van der Waals surface area contributed by atoms with Crippen LogP contribution in [0.5, 0.6) is 0 Å². The molecule has 0 unspecified atom stereocenters. The van der Waals surface area contributed by atoms with Crippen LogP contribution >= 0.6 is 11.6 Å². The summed E-state index contributed by atoms with van der Waals surface area (Å²) in [4.78, 5) is 0. The fourth-order valence-electron chi connectivity index (χ4n) is 4.79. The van der Waals surface area contributed by atoms with Crippen molar-refractivity contribution in [2.24, 2.45) is 5.92 Å². The quantitative estimate of drug-likeness (QED) is 0.503. The Morgan fingerprint density at radius 3 is 2.37 bits per heavy atom. The highest BCUT2D eigenvalue weighted by Gasteiger charge is 2.26. The molecule has 2 aromatic carbocycles. The number of benzene rings is 2. The Labute approximate surface area is 165 Å². The third kappa shape index (κ3) is 3.82. The molecule has 0 amide bonds. The number of halogens is 3. The third-order valence-corrected chi connectivity index (χ3v) is 6.45. The van der Waals surface area contributed by atoms with Crippen LogP contribution in [0.2, 0.25) is 5.02 Å². The highest BCUT2D eigenvalue weighted by Crippen LogP contribution is 2.40. The van der Waals surface area contributed by atoms with Gasteiger partial charge in [0.1, 0.15) is 11.6 Å². The van der Waals surface area contributed by atoms with Crippen LogP contribution in [-0.2, 0) is 6.42 Å². The Morgan fingerprint density at radius 2 is 1.70 bits per heavy atom. The lowest BCUT2D eigenvalue weighted by molar-refractivity contribution is 0.307. The third-order valence-electron chi connectivity index (χ3n) is 6.22. The van der Waals surface area contributed by atoms with E-state index >= 15 is 0 Å². The minimum absolute atomic E-state index is 0.116. The maximum atomic E-state index is 14.9. The second kappa shape index (κ2) is 7.75. The molecule has 2 aliphatic carbocycles. The molecule has 1 saturated carbocycles. The van der Waals surface area contributed by atoms with Crippen molar-refractivity contribution < 1.29 is 8.78 Å². The summed E-state index contributed by atoms with van der Waals surface area (Å²) in [5.74, 6) is 0.190. The van der Waals surface area contributed by atoms with Gasteiger partial charge in [0.2, 0.25) is 0 Å². The Hall–Kier alpha value is -1.67. The van der Waals surface area contributed by atoms with Gasteiger partial charge in [0, 0.05) is 10.6 Å². The lowest BCUT2D eigenvalue weighted by atomic mass is 9.77. The number of fused-ring (bicyclic) bond motifs is 1. The highest BCUT2D eigenvalue weighted by molar-refractivity contribution is 6.30. The minimum Gasteiger partial charge on any atom is -0.206 e. The smallest absolute Gasteiger partial charge is 0.133 e. The van der Waals surface area contributed by atoms with E-state index in [4.69, 9.17) is 11.6 Å². The molecular weight excluding hydrogens is 362 g/mol. The molecule has 27 heavy (non-hydrogen) atoms. The van der Waals surface area contributed by atoms with Gasteiger partial charge in [-0.25, -0.2) is 8.78 Å². The summed E-state index contributed by atoms with van der Waals surface area (Å²) in [5, 5.41) is 0.640. The first-order chi connectivity index (χ1) is 13.0. The molecular formula is C24H25ClF2. The van der Waals surface area contributed by atoms with Crippen LogP contribution in [0.3, 0.4) is 0 Å². The van der Waals surface area contributed by atoms with Gasteiger partial charge < -0.3 is 0 Å². The van der Waals surface area contributed by atoms with E-state index in [0.717, 1.165) is 35.4 Å². The van der Waals surface area contributed by atoms with Gasteiger partial charge in [-0.15, -0.1) is 0 Å². The van der Waals surface area contributed by atoms with Crippen molar-refractivity contribution in [3.8, 4) is 0 Å². The van der Waals surface area contributed by atoms with Gasteiger partial charge in [0.05, 0.1) is 0 Å². The summed E-state index contributed by atoms with van der Waals surface area (Å²) in [6, 6.07) is 8.74. The number of hydrogen-bond acceptors (Lipinski definition) is 0. The second-order valence-electron chi connectivity index (χ2n) is 8.06. The molecule has 0 nitrogen and oxygen atoms in total. The molecule has 0 atom stereocenters. The van der Waals surface area contributed by atoms with Gasteiger partial charge in [-0.05, 0) is 90.5 Å². The van der Waals surface area contributed by atoms with E-state index in [-0.39, 0.29) is 11.5 Å². The van der Waals surface area contributed by atoms with Gasteiger partial charge in [0.15, 0.2) is 0 Å². The zero-order chi connectivity index (χ0) is 19.0. The van der Waals surface area contributed by atoms with Crippen molar-refractivity contribution in [3.63, 3.8) is 0 Å². The molecule has 0 heterocycles. The van der Waals surface area contributed by atoms with Crippen molar-refractivity contribution in [2.75, 3.05) is 0 Å². The standard InChI is InChI=1S/C24H25ClF2/c1-2-3-15-4-6-16(7-5-15)19-13-22(26)24(23(27)14-19)20-10-17-8-9-21(25)12-18(17)11-20/h8-9,11-16H,2-7,10H2,1H3. The van der Waals surface area contributed by atoms with Crippen LogP contribution in [-0.4, -0.2) is 0 Å². The number of allylic oxidation sites excluding steroid dienone is 1. The summed E-state index contributed by atoms with van der Waals surface area (Å²) in [5.41, 5.74) is 3.65. The van der Waals surface area contributed by atoms with Crippen molar-refractivity contribution in [2.45, 2.75) is 57.8 Å². The summed E-state index contributed by atoms with van der Waals surface area (Å²) >= 11 is 6.04. The van der Waals surface area contributed by atoms with E-state index in [1.807, 2.05) is 24.3 Å². The van der Waals surface area contributed by atoms with Crippen LogP contribution in [0.15, 0.2) is 30.3 Å². The Balaban J connectivity index is 1.56. The van der Waals surface area contributed by atoms with Crippen LogP contribution in [0, 0.1) is 17.6 Å². The van der Waals surface area contributed by atoms with E-state index in [1.54, 1.807) is 12.1 Å². The molecule has 0 N–H and O–H groups in total. The molecule has 0 aromatic heterocycles. The number of rotatable bonds is 4. The molecule has 4 rings (SSSR count). The van der Waals surface area contributed by atoms with Gasteiger partial charge >= 0.3 is 0 Å². The highest BCUT2D eigenvalue weighted by atomic mass is 35.5. The molecule has 1 fully saturated rings. The van der Waals surface area contributed by atoms with Gasteiger partial charge in [0.25, 0.3) is 0 Å². The number of hydrogen-bond donors (Lipinski definition) is 0. The van der Waals surface area contributed by atoms with E-state index in [0.29, 0.717) is 17.0 Å². The SMILES string of the molecule is CCCC1CCC(c2cc(F)c(C3=Cc4cc(Cl)ccc4C3)c(F)c2)CC1. The molecule has 0 bridgehead atoms. The lowest BCUT2D eigenvalue weighted by Crippen LogP contribution is -2.14. The zero-order valence-corrected chi connectivity index (χ0v) is 16.5. The fraction of sp³-hybridized carbons (Fsp3) is 0.417. The summed E-state index contributed by atoms with van der Waals surface area (Å²) < 4.78 is 29.8. The Bertz CT molecular complexity index is 853. The predicted molar refractivity (Wildman–Crippen MR) is 109 cm³/mol. The van der Waals surface area contributed by atoms with Gasteiger partial charge in [-0.3, -0.25) is 0 Å². The molecule has 0 spiro atoms. The summed E-state index contributed by atoms with van der Waals surface area (Å²) in [7, 11) is 0. The van der Waals surface area contributed by atoms with E-state index in [9.17, 15) is 8.78 Å². The maximum Gasteiger partial charge on any atom is 0.133 e. The Kier molecular flexibility index (Phi) is 5.36. The maximum absolute atomic E-state index is 14.9. The van der Waals surface area contributed by atoms with E-state index < -0.39 is 11.6 Å².